The lowest BCUT2D eigenvalue weighted by atomic mass is 10.1. The standard InChI is InChI=1S/C13H21BrN2O3S/c1-9-5-11(7-15-3)6-12(13(9)14)20(17,18)16-10(2)8-19-4/h5-6,10,15-16H,7-8H2,1-4H3. The van der Waals surface area contributed by atoms with E-state index in [4.69, 9.17) is 4.74 Å². The molecule has 20 heavy (non-hydrogen) atoms. The third-order valence-corrected chi connectivity index (χ3v) is 5.65. The Labute approximate surface area is 129 Å². The molecule has 0 aliphatic heterocycles. The van der Waals surface area contributed by atoms with Crippen LogP contribution in [0.4, 0.5) is 0 Å². The van der Waals surface area contributed by atoms with Crippen LogP contribution >= 0.6 is 15.9 Å². The largest absolute Gasteiger partial charge is 0.383 e. The fraction of sp³-hybridized carbons (Fsp3) is 0.538. The Kier molecular flexibility index (Phi) is 6.60. The first-order valence-corrected chi connectivity index (χ1v) is 8.54. The number of sulfonamides is 1. The van der Waals surface area contributed by atoms with Crippen molar-refractivity contribution in [1.29, 1.82) is 0 Å². The third kappa shape index (κ3) is 4.53. The molecule has 0 aliphatic carbocycles. The minimum Gasteiger partial charge on any atom is -0.383 e. The quantitative estimate of drug-likeness (QED) is 0.773. The van der Waals surface area contributed by atoms with E-state index in [2.05, 4.69) is 26.0 Å². The first-order chi connectivity index (χ1) is 9.31. The smallest absolute Gasteiger partial charge is 0.242 e. The molecule has 0 heterocycles. The molecule has 1 aromatic carbocycles. The van der Waals surface area contributed by atoms with Crippen LogP contribution in [0, 0.1) is 6.92 Å². The lowest BCUT2D eigenvalue weighted by molar-refractivity contribution is 0.180. The molecule has 0 aromatic heterocycles. The summed E-state index contributed by atoms with van der Waals surface area (Å²) in [5.41, 5.74) is 1.81. The second-order valence-electron chi connectivity index (χ2n) is 4.73. The summed E-state index contributed by atoms with van der Waals surface area (Å²) in [6.07, 6.45) is 0. The SMILES string of the molecule is CNCc1cc(C)c(Br)c(S(=O)(=O)NC(C)COC)c1. The average molecular weight is 365 g/mol. The molecule has 0 aliphatic rings. The second kappa shape index (κ2) is 7.51. The van der Waals surface area contributed by atoms with Crippen LogP contribution in [0.2, 0.25) is 0 Å². The summed E-state index contributed by atoms with van der Waals surface area (Å²) in [4.78, 5) is 0.255. The first-order valence-electron chi connectivity index (χ1n) is 6.26. The minimum absolute atomic E-state index is 0.255. The van der Waals surface area contributed by atoms with Crippen LogP contribution in [0.1, 0.15) is 18.1 Å². The molecule has 1 atom stereocenters. The fourth-order valence-electron chi connectivity index (χ4n) is 1.92. The molecule has 0 saturated heterocycles. The van der Waals surface area contributed by atoms with Crippen molar-refractivity contribution >= 4 is 26.0 Å². The summed E-state index contributed by atoms with van der Waals surface area (Å²) >= 11 is 3.36. The van der Waals surface area contributed by atoms with Gasteiger partial charge < -0.3 is 10.1 Å². The molecule has 1 unspecified atom stereocenters. The summed E-state index contributed by atoms with van der Waals surface area (Å²) in [7, 11) is -0.216. The molecule has 0 spiro atoms. The Bertz CT molecular complexity index is 561. The molecule has 0 bridgehead atoms. The lowest BCUT2D eigenvalue weighted by Crippen LogP contribution is -2.35. The van der Waals surface area contributed by atoms with E-state index in [-0.39, 0.29) is 10.9 Å². The van der Waals surface area contributed by atoms with Gasteiger partial charge in [0, 0.05) is 24.2 Å². The second-order valence-corrected chi connectivity index (χ2v) is 7.21. The molecular weight excluding hydrogens is 344 g/mol. The van der Waals surface area contributed by atoms with Gasteiger partial charge in [-0.05, 0) is 54.0 Å². The molecule has 1 aromatic rings. The Morgan fingerprint density at radius 2 is 2.05 bits per heavy atom. The number of aryl methyl sites for hydroxylation is 1. The summed E-state index contributed by atoms with van der Waals surface area (Å²) in [5, 5.41) is 3.02. The average Bonchev–Trinajstić information content (AvgIpc) is 2.33. The highest BCUT2D eigenvalue weighted by atomic mass is 79.9. The van der Waals surface area contributed by atoms with Crippen molar-refractivity contribution in [2.45, 2.75) is 31.3 Å². The molecule has 0 amide bonds. The predicted octanol–water partition coefficient (Wildman–Crippen LogP) is 1.79. The van der Waals surface area contributed by atoms with Crippen LogP contribution in [-0.4, -0.2) is 35.2 Å². The van der Waals surface area contributed by atoms with E-state index < -0.39 is 10.0 Å². The van der Waals surface area contributed by atoms with Gasteiger partial charge in [0.1, 0.15) is 0 Å². The molecule has 7 heteroatoms. The number of nitrogens with one attached hydrogen (secondary N) is 2. The number of hydrogen-bond donors (Lipinski definition) is 2. The fourth-order valence-corrected chi connectivity index (χ4v) is 4.22. The van der Waals surface area contributed by atoms with Gasteiger partial charge in [-0.2, -0.15) is 0 Å². The van der Waals surface area contributed by atoms with E-state index in [0.717, 1.165) is 11.1 Å². The van der Waals surface area contributed by atoms with Gasteiger partial charge in [0.25, 0.3) is 0 Å². The molecule has 114 valence electrons. The molecule has 5 nitrogen and oxygen atoms in total. The summed E-state index contributed by atoms with van der Waals surface area (Å²) in [6.45, 7) is 4.58. The van der Waals surface area contributed by atoms with E-state index >= 15 is 0 Å². The van der Waals surface area contributed by atoms with Crippen LogP contribution in [0.5, 0.6) is 0 Å². The van der Waals surface area contributed by atoms with E-state index in [1.165, 1.54) is 0 Å². The van der Waals surface area contributed by atoms with Crippen LogP contribution in [0.3, 0.4) is 0 Å². The third-order valence-electron chi connectivity index (χ3n) is 2.72. The zero-order valence-corrected chi connectivity index (χ0v) is 14.6. The van der Waals surface area contributed by atoms with Gasteiger partial charge in [-0.1, -0.05) is 6.07 Å². The first kappa shape index (κ1) is 17.6. The van der Waals surface area contributed by atoms with E-state index in [9.17, 15) is 8.42 Å². The molecule has 2 N–H and O–H groups in total. The Morgan fingerprint density at radius 3 is 2.60 bits per heavy atom. The van der Waals surface area contributed by atoms with Crippen LogP contribution in [0.15, 0.2) is 21.5 Å². The lowest BCUT2D eigenvalue weighted by Gasteiger charge is -2.16. The van der Waals surface area contributed by atoms with Gasteiger partial charge in [0.05, 0.1) is 11.5 Å². The number of halogens is 1. The molecule has 0 fully saturated rings. The van der Waals surface area contributed by atoms with Gasteiger partial charge in [0.2, 0.25) is 10.0 Å². The number of hydrogen-bond acceptors (Lipinski definition) is 4. The van der Waals surface area contributed by atoms with Crippen LogP contribution in [0.25, 0.3) is 0 Å². The van der Waals surface area contributed by atoms with Gasteiger partial charge in [-0.25, -0.2) is 13.1 Å². The van der Waals surface area contributed by atoms with Gasteiger partial charge in [-0.3, -0.25) is 0 Å². The topological polar surface area (TPSA) is 67.4 Å². The number of ether oxygens (including phenoxy) is 1. The molecule has 0 radical (unpaired) electrons. The Morgan fingerprint density at radius 1 is 1.40 bits per heavy atom. The van der Waals surface area contributed by atoms with E-state index in [0.29, 0.717) is 17.6 Å². The molecule has 1 rings (SSSR count). The molecule has 0 saturated carbocycles. The monoisotopic (exact) mass is 364 g/mol. The molecular formula is C13H21BrN2O3S. The van der Waals surface area contributed by atoms with Gasteiger partial charge in [0.15, 0.2) is 0 Å². The van der Waals surface area contributed by atoms with Crippen LogP contribution in [-0.2, 0) is 21.3 Å². The highest BCUT2D eigenvalue weighted by Gasteiger charge is 2.22. The Balaban J connectivity index is 3.16. The van der Waals surface area contributed by atoms with Crippen molar-refractivity contribution in [2.24, 2.45) is 0 Å². The summed E-state index contributed by atoms with van der Waals surface area (Å²) in [5.74, 6) is 0. The number of benzene rings is 1. The van der Waals surface area contributed by atoms with E-state index in [1.807, 2.05) is 20.0 Å². The maximum absolute atomic E-state index is 12.4. The number of rotatable bonds is 7. The number of methoxy groups -OCH3 is 1. The zero-order chi connectivity index (χ0) is 15.3. The van der Waals surface area contributed by atoms with Gasteiger partial charge in [-0.15, -0.1) is 0 Å². The maximum atomic E-state index is 12.4. The Hall–Kier alpha value is -0.470. The van der Waals surface area contributed by atoms with Gasteiger partial charge >= 0.3 is 0 Å². The predicted molar refractivity (Wildman–Crippen MR) is 83.3 cm³/mol. The minimum atomic E-state index is -3.58. The van der Waals surface area contributed by atoms with Crippen molar-refractivity contribution in [3.05, 3.63) is 27.7 Å². The summed E-state index contributed by atoms with van der Waals surface area (Å²) < 4.78 is 33.0. The normalized spacial score (nSPS) is 13.4. The van der Waals surface area contributed by atoms with Crippen molar-refractivity contribution in [3.63, 3.8) is 0 Å². The highest BCUT2D eigenvalue weighted by Crippen LogP contribution is 2.27. The zero-order valence-electron chi connectivity index (χ0n) is 12.2. The van der Waals surface area contributed by atoms with Crippen molar-refractivity contribution in [3.8, 4) is 0 Å². The van der Waals surface area contributed by atoms with Crippen molar-refractivity contribution in [1.82, 2.24) is 10.0 Å². The van der Waals surface area contributed by atoms with Crippen molar-refractivity contribution < 1.29 is 13.2 Å². The highest BCUT2D eigenvalue weighted by molar-refractivity contribution is 9.10. The van der Waals surface area contributed by atoms with Crippen LogP contribution < -0.4 is 10.0 Å². The van der Waals surface area contributed by atoms with E-state index in [1.54, 1.807) is 20.1 Å². The summed E-state index contributed by atoms with van der Waals surface area (Å²) in [6, 6.07) is 3.35. The van der Waals surface area contributed by atoms with Crippen molar-refractivity contribution in [2.75, 3.05) is 20.8 Å². The maximum Gasteiger partial charge on any atom is 0.242 e.